The minimum Gasteiger partial charge on any atom is -0.324 e. The molecule has 1 fully saturated rings. The van der Waals surface area contributed by atoms with E-state index in [1.54, 1.807) is 30.3 Å². The van der Waals surface area contributed by atoms with Crippen molar-refractivity contribution in [3.63, 3.8) is 0 Å². The Kier molecular flexibility index (Phi) is 4.41. The number of nitrogens with zero attached hydrogens (tertiary/aromatic N) is 2. The normalized spacial score (nSPS) is 16.2. The first-order chi connectivity index (χ1) is 13.0. The van der Waals surface area contributed by atoms with Gasteiger partial charge in [-0.25, -0.2) is 13.4 Å². The Hall–Kier alpha value is -3.13. The molecule has 1 saturated heterocycles. The van der Waals surface area contributed by atoms with Crippen LogP contribution in [0.25, 0.3) is 17.1 Å². The molecule has 4 rings (SSSR count). The third kappa shape index (κ3) is 3.70. The van der Waals surface area contributed by atoms with E-state index < -0.39 is 10.0 Å². The van der Waals surface area contributed by atoms with Crippen LogP contribution in [0.5, 0.6) is 0 Å². The monoisotopic (exact) mass is 382 g/mol. The first kappa shape index (κ1) is 17.3. The van der Waals surface area contributed by atoms with E-state index in [4.69, 9.17) is 0 Å². The van der Waals surface area contributed by atoms with Crippen molar-refractivity contribution in [1.29, 1.82) is 0 Å². The van der Waals surface area contributed by atoms with Crippen molar-refractivity contribution in [3.8, 4) is 0 Å². The fraction of sp³-hybridized carbons (Fsp3) is 0.158. The van der Waals surface area contributed by atoms with Gasteiger partial charge >= 0.3 is 0 Å². The molecule has 0 unspecified atom stereocenters. The molecule has 0 radical (unpaired) electrons. The summed E-state index contributed by atoms with van der Waals surface area (Å²) < 4.78 is 25.3. The highest BCUT2D eigenvalue weighted by molar-refractivity contribution is 7.93. The average molecular weight is 382 g/mol. The van der Waals surface area contributed by atoms with E-state index >= 15 is 0 Å². The number of nitrogens with one attached hydrogen (secondary N) is 2. The van der Waals surface area contributed by atoms with Crippen LogP contribution in [-0.2, 0) is 14.8 Å². The van der Waals surface area contributed by atoms with Crippen LogP contribution < -0.4 is 9.62 Å². The molecule has 7 nitrogen and oxygen atoms in total. The van der Waals surface area contributed by atoms with Gasteiger partial charge < -0.3 is 4.98 Å². The zero-order valence-corrected chi connectivity index (χ0v) is 15.2. The number of fused-ring (bicyclic) bond motifs is 1. The molecular formula is C19H18N4O3S. The van der Waals surface area contributed by atoms with Crippen LogP contribution >= 0.6 is 0 Å². The molecule has 2 heterocycles. The second kappa shape index (κ2) is 6.88. The van der Waals surface area contributed by atoms with Crippen molar-refractivity contribution in [2.75, 3.05) is 21.9 Å². The summed E-state index contributed by atoms with van der Waals surface area (Å²) in [4.78, 5) is 19.4. The third-order valence-electron chi connectivity index (χ3n) is 4.34. The highest BCUT2D eigenvalue weighted by Crippen LogP contribution is 2.24. The minimum atomic E-state index is -3.18. The zero-order chi connectivity index (χ0) is 18.9. The number of anilines is 2. The third-order valence-corrected chi connectivity index (χ3v) is 6.21. The molecular weight excluding hydrogens is 364 g/mol. The fourth-order valence-electron chi connectivity index (χ4n) is 3.02. The lowest BCUT2D eigenvalue weighted by molar-refractivity contribution is -0.111. The van der Waals surface area contributed by atoms with Crippen LogP contribution in [0.4, 0.5) is 11.6 Å². The lowest BCUT2D eigenvalue weighted by Gasteiger charge is -2.16. The zero-order valence-electron chi connectivity index (χ0n) is 14.4. The fourth-order valence-corrected chi connectivity index (χ4v) is 4.59. The second-order valence-corrected chi connectivity index (χ2v) is 8.27. The molecule has 3 aromatic rings. The van der Waals surface area contributed by atoms with Crippen molar-refractivity contribution in [2.45, 2.75) is 6.42 Å². The Morgan fingerprint density at radius 2 is 1.93 bits per heavy atom. The van der Waals surface area contributed by atoms with Gasteiger partial charge in [0, 0.05) is 12.6 Å². The number of aromatic nitrogens is 2. The maximum absolute atomic E-state index is 12.1. The Bertz CT molecular complexity index is 1080. The molecule has 138 valence electrons. The van der Waals surface area contributed by atoms with Gasteiger partial charge in [0.15, 0.2) is 0 Å². The second-order valence-electron chi connectivity index (χ2n) is 6.26. The number of benzene rings is 2. The minimum absolute atomic E-state index is 0.191. The van der Waals surface area contributed by atoms with Gasteiger partial charge in [-0.05, 0) is 42.3 Å². The molecule has 0 bridgehead atoms. The highest BCUT2D eigenvalue weighted by atomic mass is 32.2. The maximum atomic E-state index is 12.1. The van der Waals surface area contributed by atoms with Gasteiger partial charge in [0.25, 0.3) is 5.91 Å². The standard InChI is InChI=1S/C19H18N4O3S/c24-18(22-19-20-16-4-1-2-5-17(16)21-19)11-8-14-6-9-15(10-7-14)23-12-3-13-27(23,25)26/h1-2,4-11H,3,12-13H2,(H2,20,21,22,24)/b11-8+. The van der Waals surface area contributed by atoms with E-state index in [9.17, 15) is 13.2 Å². The van der Waals surface area contributed by atoms with E-state index in [-0.39, 0.29) is 11.7 Å². The molecule has 0 aliphatic carbocycles. The Morgan fingerprint density at radius 3 is 2.63 bits per heavy atom. The summed E-state index contributed by atoms with van der Waals surface area (Å²) in [6, 6.07) is 14.6. The molecule has 0 saturated carbocycles. The molecule has 1 amide bonds. The Morgan fingerprint density at radius 1 is 1.15 bits per heavy atom. The smallest absolute Gasteiger partial charge is 0.250 e. The van der Waals surface area contributed by atoms with Gasteiger partial charge in [0.1, 0.15) is 0 Å². The molecule has 1 aromatic heterocycles. The van der Waals surface area contributed by atoms with E-state index in [1.807, 2.05) is 24.3 Å². The highest BCUT2D eigenvalue weighted by Gasteiger charge is 2.28. The SMILES string of the molecule is O=C(/C=C/c1ccc(N2CCCS2(=O)=O)cc1)Nc1nc2ccccc2[nH]1. The summed E-state index contributed by atoms with van der Waals surface area (Å²) >= 11 is 0. The van der Waals surface area contributed by atoms with Crippen LogP contribution in [0, 0.1) is 0 Å². The molecule has 1 aliphatic rings. The van der Waals surface area contributed by atoms with Crippen LogP contribution in [0.3, 0.4) is 0 Å². The number of H-pyrrole nitrogens is 1. The number of imidazole rings is 1. The van der Waals surface area contributed by atoms with Crippen LogP contribution in [0.15, 0.2) is 54.6 Å². The van der Waals surface area contributed by atoms with E-state index in [0.717, 1.165) is 16.6 Å². The summed E-state index contributed by atoms with van der Waals surface area (Å²) in [5.41, 5.74) is 3.08. The number of hydrogen-bond donors (Lipinski definition) is 2. The summed E-state index contributed by atoms with van der Waals surface area (Å²) in [7, 11) is -3.18. The maximum Gasteiger partial charge on any atom is 0.250 e. The quantitative estimate of drug-likeness (QED) is 0.678. The predicted molar refractivity (Wildman–Crippen MR) is 106 cm³/mol. The number of rotatable bonds is 4. The Labute approximate surface area is 156 Å². The van der Waals surface area contributed by atoms with Crippen molar-refractivity contribution in [3.05, 3.63) is 60.2 Å². The van der Waals surface area contributed by atoms with Gasteiger partial charge in [-0.2, -0.15) is 0 Å². The van der Waals surface area contributed by atoms with Crippen molar-refractivity contribution < 1.29 is 13.2 Å². The number of sulfonamides is 1. The summed E-state index contributed by atoms with van der Waals surface area (Å²) in [6.45, 7) is 0.511. The number of para-hydroxylation sites is 2. The first-order valence-corrected chi connectivity index (χ1v) is 10.2. The molecule has 2 aromatic carbocycles. The predicted octanol–water partition coefficient (Wildman–Crippen LogP) is 2.75. The number of carbonyl (C=O) groups is 1. The summed E-state index contributed by atoms with van der Waals surface area (Å²) in [5, 5.41) is 2.69. The van der Waals surface area contributed by atoms with Crippen molar-refractivity contribution >= 4 is 44.7 Å². The van der Waals surface area contributed by atoms with Crippen molar-refractivity contribution in [2.24, 2.45) is 0 Å². The van der Waals surface area contributed by atoms with Crippen molar-refractivity contribution in [1.82, 2.24) is 9.97 Å². The summed E-state index contributed by atoms with van der Waals surface area (Å²) in [5.74, 6) is 0.275. The van der Waals surface area contributed by atoms with E-state index in [2.05, 4.69) is 15.3 Å². The van der Waals surface area contributed by atoms with Gasteiger partial charge in [-0.15, -0.1) is 0 Å². The van der Waals surface area contributed by atoms with Gasteiger partial charge in [-0.1, -0.05) is 24.3 Å². The molecule has 1 aliphatic heterocycles. The Balaban J connectivity index is 1.42. The van der Waals surface area contributed by atoms with Gasteiger partial charge in [-0.3, -0.25) is 14.4 Å². The number of hydrogen-bond acceptors (Lipinski definition) is 4. The van der Waals surface area contributed by atoms with Crippen LogP contribution in [0.1, 0.15) is 12.0 Å². The molecule has 8 heteroatoms. The molecule has 0 atom stereocenters. The average Bonchev–Trinajstić information content (AvgIpc) is 3.22. The first-order valence-electron chi connectivity index (χ1n) is 8.56. The molecule has 0 spiro atoms. The van der Waals surface area contributed by atoms with Gasteiger partial charge in [0.2, 0.25) is 16.0 Å². The molecule has 2 N–H and O–H groups in total. The van der Waals surface area contributed by atoms with E-state index in [1.165, 1.54) is 10.4 Å². The lowest BCUT2D eigenvalue weighted by Crippen LogP contribution is -2.24. The molecule has 27 heavy (non-hydrogen) atoms. The topological polar surface area (TPSA) is 95.2 Å². The number of aromatic amines is 1. The number of carbonyl (C=O) groups excluding carboxylic acids is 1. The number of amides is 1. The van der Waals surface area contributed by atoms with E-state index in [0.29, 0.717) is 24.6 Å². The largest absolute Gasteiger partial charge is 0.324 e. The lowest BCUT2D eigenvalue weighted by atomic mass is 10.2. The van der Waals surface area contributed by atoms with Crippen LogP contribution in [-0.4, -0.2) is 36.6 Å². The van der Waals surface area contributed by atoms with Crippen LogP contribution in [0.2, 0.25) is 0 Å². The summed E-state index contributed by atoms with van der Waals surface area (Å²) in [6.07, 6.45) is 3.72. The van der Waals surface area contributed by atoms with Gasteiger partial charge in [0.05, 0.1) is 22.5 Å².